The van der Waals surface area contributed by atoms with Crippen molar-refractivity contribution in [3.63, 3.8) is 0 Å². The van der Waals surface area contributed by atoms with Crippen molar-refractivity contribution in [1.29, 1.82) is 0 Å². The van der Waals surface area contributed by atoms with Gasteiger partial charge in [-0.3, -0.25) is 14.6 Å². The van der Waals surface area contributed by atoms with E-state index in [0.717, 1.165) is 24.3 Å². The van der Waals surface area contributed by atoms with Gasteiger partial charge in [0, 0.05) is 56.1 Å². The fraction of sp³-hybridized carbons (Fsp3) is 0.417. The Morgan fingerprint density at radius 3 is 2.82 bits per heavy atom. The van der Waals surface area contributed by atoms with E-state index in [9.17, 15) is 14.7 Å². The molecule has 5 rings (SSSR count). The summed E-state index contributed by atoms with van der Waals surface area (Å²) in [7, 11) is 0. The predicted octanol–water partition coefficient (Wildman–Crippen LogP) is 1.41. The van der Waals surface area contributed by atoms with Crippen molar-refractivity contribution >= 4 is 17.5 Å². The Hall–Kier alpha value is -3.46. The van der Waals surface area contributed by atoms with Crippen molar-refractivity contribution in [2.24, 2.45) is 5.92 Å². The molecular formula is C24H27N5O4. The predicted molar refractivity (Wildman–Crippen MR) is 120 cm³/mol. The summed E-state index contributed by atoms with van der Waals surface area (Å²) in [4.78, 5) is 36.8. The van der Waals surface area contributed by atoms with Gasteiger partial charge in [0.2, 0.25) is 5.91 Å². The first-order valence-corrected chi connectivity index (χ1v) is 11.3. The summed E-state index contributed by atoms with van der Waals surface area (Å²) in [5, 5.41) is 10.6. The molecule has 4 heterocycles. The topological polar surface area (TPSA) is 100 Å². The van der Waals surface area contributed by atoms with Crippen LogP contribution in [0.3, 0.4) is 0 Å². The zero-order valence-electron chi connectivity index (χ0n) is 18.3. The number of nitrogens with zero attached hydrogens (tertiary/aromatic N) is 5. The molecule has 2 amide bonds. The number of aromatic nitrogens is 3. The van der Waals surface area contributed by atoms with Gasteiger partial charge in [0.15, 0.2) is 5.65 Å². The summed E-state index contributed by atoms with van der Waals surface area (Å²) >= 11 is 0. The number of amides is 2. The zero-order valence-corrected chi connectivity index (χ0v) is 18.3. The van der Waals surface area contributed by atoms with Crippen LogP contribution >= 0.6 is 0 Å². The average molecular weight is 450 g/mol. The first-order valence-electron chi connectivity index (χ1n) is 11.3. The number of likely N-dealkylation sites (tertiary alicyclic amines) is 2. The third kappa shape index (κ3) is 4.68. The molecule has 9 nitrogen and oxygen atoms in total. The maximum atomic E-state index is 13.0. The van der Waals surface area contributed by atoms with Crippen molar-refractivity contribution in [2.75, 3.05) is 32.8 Å². The van der Waals surface area contributed by atoms with Crippen molar-refractivity contribution in [3.05, 3.63) is 60.3 Å². The van der Waals surface area contributed by atoms with Gasteiger partial charge < -0.3 is 24.0 Å². The number of carbonyl (C=O) groups excluding carboxylic acids is 2. The van der Waals surface area contributed by atoms with Gasteiger partial charge in [0.1, 0.15) is 12.4 Å². The van der Waals surface area contributed by atoms with Crippen LogP contribution < -0.4 is 4.74 Å². The molecule has 172 valence electrons. The lowest BCUT2D eigenvalue weighted by molar-refractivity contribution is -0.128. The molecule has 0 unspecified atom stereocenters. The van der Waals surface area contributed by atoms with Crippen LogP contribution in [0.4, 0.5) is 0 Å². The Morgan fingerprint density at radius 2 is 2.03 bits per heavy atom. The highest BCUT2D eigenvalue weighted by Gasteiger charge is 2.34. The minimum Gasteiger partial charge on any atom is -0.492 e. The largest absolute Gasteiger partial charge is 0.492 e. The number of benzene rings is 1. The van der Waals surface area contributed by atoms with Crippen LogP contribution in [-0.2, 0) is 11.2 Å². The Labute approximate surface area is 191 Å². The minimum absolute atomic E-state index is 0.0710. The van der Waals surface area contributed by atoms with E-state index in [0.29, 0.717) is 50.4 Å². The summed E-state index contributed by atoms with van der Waals surface area (Å²) in [6.07, 6.45) is 8.74. The van der Waals surface area contributed by atoms with E-state index in [4.69, 9.17) is 4.74 Å². The molecule has 0 spiro atoms. The zero-order chi connectivity index (χ0) is 22.8. The average Bonchev–Trinajstić information content (AvgIpc) is 3.54. The second-order valence-electron chi connectivity index (χ2n) is 8.67. The summed E-state index contributed by atoms with van der Waals surface area (Å²) in [5.41, 5.74) is 2.19. The number of carbonyl (C=O) groups is 2. The molecule has 2 aromatic heterocycles. The molecule has 9 heteroatoms. The number of imidazole rings is 1. The van der Waals surface area contributed by atoms with Crippen LogP contribution in [-0.4, -0.2) is 80.0 Å². The van der Waals surface area contributed by atoms with Gasteiger partial charge in [-0.1, -0.05) is 0 Å². The fourth-order valence-electron chi connectivity index (χ4n) is 4.55. The SMILES string of the molecule is O=C1CCCN1CCOc1ccc(C(=O)N2C[C@H](Cc3cn4ccnc4cn3)[C@H](O)C2)cc1. The van der Waals surface area contributed by atoms with Gasteiger partial charge in [0.25, 0.3) is 5.91 Å². The number of aliphatic hydroxyl groups excluding tert-OH is 1. The molecule has 2 atom stereocenters. The monoisotopic (exact) mass is 449 g/mol. The Kier molecular flexibility index (Phi) is 5.95. The van der Waals surface area contributed by atoms with Crippen molar-refractivity contribution in [1.82, 2.24) is 24.2 Å². The lowest BCUT2D eigenvalue weighted by Crippen LogP contribution is -2.29. The standard InChI is InChI=1S/C24H27N5O4/c30-21-16-29(14-18(21)12-19-15-28-9-7-25-22(28)13-26-19)24(32)17-3-5-20(6-4-17)33-11-10-27-8-1-2-23(27)31/h3-7,9,13,15,18,21,30H,1-2,8,10-12,14,16H2/t18-,21+/m0/s1. The molecule has 2 fully saturated rings. The van der Waals surface area contributed by atoms with Gasteiger partial charge >= 0.3 is 0 Å². The van der Waals surface area contributed by atoms with Gasteiger partial charge in [-0.15, -0.1) is 0 Å². The molecular weight excluding hydrogens is 422 g/mol. The molecule has 3 aromatic rings. The third-order valence-electron chi connectivity index (χ3n) is 6.40. The normalized spacial score (nSPS) is 20.7. The quantitative estimate of drug-likeness (QED) is 0.585. The second kappa shape index (κ2) is 9.19. The number of ether oxygens (including phenoxy) is 1. The van der Waals surface area contributed by atoms with Gasteiger partial charge in [0.05, 0.1) is 24.5 Å². The number of hydrogen-bond acceptors (Lipinski definition) is 6. The first-order chi connectivity index (χ1) is 16.1. The van der Waals surface area contributed by atoms with Crippen LogP contribution in [0.5, 0.6) is 5.75 Å². The Morgan fingerprint density at radius 1 is 1.18 bits per heavy atom. The highest BCUT2D eigenvalue weighted by atomic mass is 16.5. The molecule has 0 saturated carbocycles. The number of rotatable bonds is 7. The van der Waals surface area contributed by atoms with E-state index in [1.165, 1.54) is 0 Å². The maximum Gasteiger partial charge on any atom is 0.253 e. The van der Waals surface area contributed by atoms with Crippen molar-refractivity contribution < 1.29 is 19.4 Å². The van der Waals surface area contributed by atoms with E-state index in [-0.39, 0.29) is 17.7 Å². The van der Waals surface area contributed by atoms with Gasteiger partial charge in [-0.2, -0.15) is 0 Å². The number of fused-ring (bicyclic) bond motifs is 1. The van der Waals surface area contributed by atoms with Crippen LogP contribution in [0.25, 0.3) is 5.65 Å². The highest BCUT2D eigenvalue weighted by Crippen LogP contribution is 2.23. The van der Waals surface area contributed by atoms with E-state index in [1.54, 1.807) is 41.6 Å². The van der Waals surface area contributed by atoms with Crippen LogP contribution in [0.2, 0.25) is 0 Å². The molecule has 0 bridgehead atoms. The first kappa shape index (κ1) is 21.4. The summed E-state index contributed by atoms with van der Waals surface area (Å²) in [6.45, 7) is 2.59. The van der Waals surface area contributed by atoms with E-state index in [2.05, 4.69) is 9.97 Å². The van der Waals surface area contributed by atoms with Gasteiger partial charge in [-0.05, 0) is 37.1 Å². The molecule has 2 saturated heterocycles. The second-order valence-corrected chi connectivity index (χ2v) is 8.67. The highest BCUT2D eigenvalue weighted by molar-refractivity contribution is 5.94. The Bertz CT molecular complexity index is 1150. The number of aliphatic hydroxyl groups is 1. The lowest BCUT2D eigenvalue weighted by atomic mass is 10.0. The fourth-order valence-corrected chi connectivity index (χ4v) is 4.55. The molecule has 1 aromatic carbocycles. The van der Waals surface area contributed by atoms with Crippen molar-refractivity contribution in [3.8, 4) is 5.75 Å². The van der Waals surface area contributed by atoms with E-state index in [1.807, 2.05) is 21.7 Å². The Balaban J connectivity index is 1.15. The summed E-state index contributed by atoms with van der Waals surface area (Å²) < 4.78 is 7.63. The molecule has 0 aliphatic carbocycles. The van der Waals surface area contributed by atoms with Crippen LogP contribution in [0.15, 0.2) is 49.1 Å². The summed E-state index contributed by atoms with van der Waals surface area (Å²) in [5.74, 6) is 0.671. The minimum atomic E-state index is -0.592. The number of β-amino-alcohol motifs (C(OH)–C–C–N with tert-alkyl or cyclic N) is 1. The number of hydrogen-bond donors (Lipinski definition) is 1. The van der Waals surface area contributed by atoms with Crippen molar-refractivity contribution in [2.45, 2.75) is 25.4 Å². The van der Waals surface area contributed by atoms with Gasteiger partial charge in [-0.25, -0.2) is 4.98 Å². The molecule has 2 aliphatic heterocycles. The van der Waals surface area contributed by atoms with Crippen LogP contribution in [0.1, 0.15) is 28.9 Å². The molecule has 1 N–H and O–H groups in total. The third-order valence-corrected chi connectivity index (χ3v) is 6.40. The van der Waals surface area contributed by atoms with E-state index < -0.39 is 6.10 Å². The maximum absolute atomic E-state index is 13.0. The van der Waals surface area contributed by atoms with Crippen LogP contribution in [0, 0.1) is 5.92 Å². The molecule has 2 aliphatic rings. The summed E-state index contributed by atoms with van der Waals surface area (Å²) in [6, 6.07) is 7.03. The molecule has 33 heavy (non-hydrogen) atoms. The lowest BCUT2D eigenvalue weighted by Gasteiger charge is -2.17. The smallest absolute Gasteiger partial charge is 0.253 e. The van der Waals surface area contributed by atoms with E-state index >= 15 is 0 Å². The molecule has 0 radical (unpaired) electrons.